The van der Waals surface area contributed by atoms with E-state index in [1.54, 1.807) is 0 Å². The third-order valence-electron chi connectivity index (χ3n) is 3.61. The normalized spacial score (nSPS) is 32.3. The molecule has 3 heteroatoms. The zero-order chi connectivity index (χ0) is 10.1. The molecule has 1 aliphatic carbocycles. The molecule has 1 saturated heterocycles. The van der Waals surface area contributed by atoms with Crippen molar-refractivity contribution in [2.75, 3.05) is 6.54 Å². The number of nitrogens with two attached hydrogens (primary N) is 1. The molecule has 2 aliphatic rings. The molecule has 2 unspecified atom stereocenters. The predicted octanol–water partition coefficient (Wildman–Crippen LogP) is 1.12. The van der Waals surface area contributed by atoms with Crippen molar-refractivity contribution in [3.8, 4) is 0 Å². The van der Waals surface area contributed by atoms with E-state index in [9.17, 15) is 4.79 Å². The number of nitrogens with zero attached hydrogens (tertiary/aromatic N) is 1. The first-order valence-corrected chi connectivity index (χ1v) is 5.78. The molecular formula is C11H20N2O. The summed E-state index contributed by atoms with van der Waals surface area (Å²) in [5.41, 5.74) is 5.85. The van der Waals surface area contributed by atoms with Crippen molar-refractivity contribution < 1.29 is 4.79 Å². The minimum atomic E-state index is -0.251. The number of amides is 1. The molecule has 1 heterocycles. The van der Waals surface area contributed by atoms with Crippen LogP contribution in [-0.4, -0.2) is 29.4 Å². The van der Waals surface area contributed by atoms with Gasteiger partial charge in [-0.1, -0.05) is 13.3 Å². The van der Waals surface area contributed by atoms with Crippen LogP contribution >= 0.6 is 0 Å². The fraction of sp³-hybridized carbons (Fsp3) is 0.909. The van der Waals surface area contributed by atoms with Gasteiger partial charge in [-0.25, -0.2) is 0 Å². The third-order valence-corrected chi connectivity index (χ3v) is 3.61. The Hall–Kier alpha value is -0.570. The van der Waals surface area contributed by atoms with E-state index in [4.69, 9.17) is 5.73 Å². The van der Waals surface area contributed by atoms with Gasteiger partial charge in [-0.15, -0.1) is 0 Å². The second-order valence-corrected chi connectivity index (χ2v) is 4.72. The number of fused-ring (bicyclic) bond motifs is 2. The lowest BCUT2D eigenvalue weighted by Gasteiger charge is -2.29. The van der Waals surface area contributed by atoms with Crippen LogP contribution in [0.4, 0.5) is 0 Å². The summed E-state index contributed by atoms with van der Waals surface area (Å²) in [6.45, 7) is 3.05. The summed E-state index contributed by atoms with van der Waals surface area (Å²) in [5.74, 6) is 0.969. The standard InChI is InChI=1S/C11H20N2O/c1-2-3-10(12)11(14)13-7-8-4-5-9(13)6-8/h8-10H,2-7,12H2,1H3/t8?,9?,10-/m0/s1. The molecule has 1 aliphatic heterocycles. The molecule has 3 atom stereocenters. The molecule has 0 radical (unpaired) electrons. The van der Waals surface area contributed by atoms with Crippen LogP contribution in [0.5, 0.6) is 0 Å². The van der Waals surface area contributed by atoms with Crippen LogP contribution in [0.1, 0.15) is 39.0 Å². The smallest absolute Gasteiger partial charge is 0.239 e. The average Bonchev–Trinajstić information content (AvgIpc) is 2.77. The fourth-order valence-electron chi connectivity index (χ4n) is 2.84. The summed E-state index contributed by atoms with van der Waals surface area (Å²) in [6.07, 6.45) is 5.57. The summed E-state index contributed by atoms with van der Waals surface area (Å²) in [5, 5.41) is 0. The van der Waals surface area contributed by atoms with Gasteiger partial charge in [-0.2, -0.15) is 0 Å². The number of carbonyl (C=O) groups is 1. The van der Waals surface area contributed by atoms with Crippen molar-refractivity contribution in [3.63, 3.8) is 0 Å². The van der Waals surface area contributed by atoms with E-state index in [1.807, 2.05) is 4.90 Å². The number of carbonyl (C=O) groups excluding carboxylic acids is 1. The van der Waals surface area contributed by atoms with Crippen molar-refractivity contribution in [2.45, 2.75) is 51.1 Å². The van der Waals surface area contributed by atoms with Crippen molar-refractivity contribution >= 4 is 5.91 Å². The summed E-state index contributed by atoms with van der Waals surface area (Å²) in [4.78, 5) is 14.0. The zero-order valence-corrected chi connectivity index (χ0v) is 8.91. The SMILES string of the molecule is CCC[C@H](N)C(=O)N1CC2CCC1C2. The molecule has 1 saturated carbocycles. The van der Waals surface area contributed by atoms with Gasteiger partial charge in [-0.05, 0) is 31.6 Å². The van der Waals surface area contributed by atoms with Gasteiger partial charge in [0.15, 0.2) is 0 Å². The largest absolute Gasteiger partial charge is 0.338 e. The van der Waals surface area contributed by atoms with E-state index in [2.05, 4.69) is 6.92 Å². The Morgan fingerprint density at radius 3 is 2.86 bits per heavy atom. The maximum absolute atomic E-state index is 11.9. The second-order valence-electron chi connectivity index (χ2n) is 4.72. The topological polar surface area (TPSA) is 46.3 Å². The molecule has 3 nitrogen and oxygen atoms in total. The highest BCUT2D eigenvalue weighted by atomic mass is 16.2. The number of hydrogen-bond donors (Lipinski definition) is 1. The Morgan fingerprint density at radius 2 is 2.36 bits per heavy atom. The van der Waals surface area contributed by atoms with Crippen molar-refractivity contribution in [1.29, 1.82) is 0 Å². The lowest BCUT2D eigenvalue weighted by atomic mass is 10.1. The van der Waals surface area contributed by atoms with Crippen LogP contribution in [0.25, 0.3) is 0 Å². The fourth-order valence-corrected chi connectivity index (χ4v) is 2.84. The van der Waals surface area contributed by atoms with Crippen molar-refractivity contribution in [2.24, 2.45) is 11.7 Å². The van der Waals surface area contributed by atoms with Gasteiger partial charge in [0.05, 0.1) is 6.04 Å². The maximum Gasteiger partial charge on any atom is 0.239 e. The first-order valence-electron chi connectivity index (χ1n) is 5.78. The average molecular weight is 196 g/mol. The number of piperidine rings is 1. The molecule has 2 fully saturated rings. The van der Waals surface area contributed by atoms with Crippen LogP contribution in [0.15, 0.2) is 0 Å². The highest BCUT2D eigenvalue weighted by molar-refractivity contribution is 5.82. The Balaban J connectivity index is 1.92. The number of hydrogen-bond acceptors (Lipinski definition) is 2. The Bertz CT molecular complexity index is 229. The summed E-state index contributed by atoms with van der Waals surface area (Å²) >= 11 is 0. The van der Waals surface area contributed by atoms with Gasteiger partial charge >= 0.3 is 0 Å². The first-order chi connectivity index (χ1) is 6.72. The first kappa shape index (κ1) is 9.97. The zero-order valence-electron chi connectivity index (χ0n) is 8.91. The second kappa shape index (κ2) is 3.89. The van der Waals surface area contributed by atoms with E-state index in [1.165, 1.54) is 19.3 Å². The van der Waals surface area contributed by atoms with Crippen LogP contribution in [0.2, 0.25) is 0 Å². The van der Waals surface area contributed by atoms with Crippen molar-refractivity contribution in [1.82, 2.24) is 4.90 Å². The van der Waals surface area contributed by atoms with E-state index in [0.717, 1.165) is 25.3 Å². The molecular weight excluding hydrogens is 176 g/mol. The lowest BCUT2D eigenvalue weighted by Crippen LogP contribution is -2.47. The Kier molecular flexibility index (Phi) is 2.77. The highest BCUT2D eigenvalue weighted by Crippen LogP contribution is 2.37. The molecule has 0 aromatic carbocycles. The molecule has 2 rings (SSSR count). The molecule has 1 amide bonds. The minimum Gasteiger partial charge on any atom is -0.338 e. The maximum atomic E-state index is 11.9. The van der Waals surface area contributed by atoms with E-state index in [0.29, 0.717) is 6.04 Å². The van der Waals surface area contributed by atoms with E-state index < -0.39 is 0 Å². The predicted molar refractivity (Wildman–Crippen MR) is 55.7 cm³/mol. The number of likely N-dealkylation sites (tertiary alicyclic amines) is 1. The van der Waals surface area contributed by atoms with Gasteiger partial charge in [0.25, 0.3) is 0 Å². The van der Waals surface area contributed by atoms with Gasteiger partial charge < -0.3 is 10.6 Å². The summed E-state index contributed by atoms with van der Waals surface area (Å²) in [6, 6.07) is 0.273. The van der Waals surface area contributed by atoms with Crippen molar-refractivity contribution in [3.05, 3.63) is 0 Å². The summed E-state index contributed by atoms with van der Waals surface area (Å²) in [7, 11) is 0. The van der Waals surface area contributed by atoms with Gasteiger partial charge in [0.1, 0.15) is 0 Å². The molecule has 0 aromatic heterocycles. The molecule has 0 aromatic rings. The molecule has 0 spiro atoms. The van der Waals surface area contributed by atoms with Crippen LogP contribution in [0.3, 0.4) is 0 Å². The van der Waals surface area contributed by atoms with Gasteiger partial charge in [0.2, 0.25) is 5.91 Å². The Morgan fingerprint density at radius 1 is 1.57 bits per heavy atom. The molecule has 14 heavy (non-hydrogen) atoms. The molecule has 80 valence electrons. The molecule has 2 bridgehead atoms. The quantitative estimate of drug-likeness (QED) is 0.735. The van der Waals surface area contributed by atoms with Crippen LogP contribution in [0, 0.1) is 5.92 Å². The Labute approximate surface area is 85.6 Å². The monoisotopic (exact) mass is 196 g/mol. The van der Waals surface area contributed by atoms with Crippen LogP contribution < -0.4 is 5.73 Å². The third kappa shape index (κ3) is 1.65. The molecule has 2 N–H and O–H groups in total. The van der Waals surface area contributed by atoms with Gasteiger partial charge in [-0.3, -0.25) is 4.79 Å². The minimum absolute atomic E-state index is 0.194. The van der Waals surface area contributed by atoms with E-state index >= 15 is 0 Å². The highest BCUT2D eigenvalue weighted by Gasteiger charge is 2.41. The van der Waals surface area contributed by atoms with Gasteiger partial charge in [0, 0.05) is 12.6 Å². The number of rotatable bonds is 3. The lowest BCUT2D eigenvalue weighted by molar-refractivity contribution is -0.134. The van der Waals surface area contributed by atoms with E-state index in [-0.39, 0.29) is 11.9 Å². The summed E-state index contributed by atoms with van der Waals surface area (Å²) < 4.78 is 0. The van der Waals surface area contributed by atoms with Crippen LogP contribution in [-0.2, 0) is 4.79 Å².